The van der Waals surface area contributed by atoms with Crippen LogP contribution < -0.4 is 0 Å². The SMILES string of the molecule is COC(=O)C[C@@H](C)[C@H]1CCC2C3C(C[C@H](O[Si](C)(C)C)[C@@]21C)[C@@]1(C)CC[C@@H](O[Si](C)(C)C)C[C@H]1C[C@H]3O[Si](C)(C)C. The van der Waals surface area contributed by atoms with Gasteiger partial charge < -0.3 is 18.0 Å². The van der Waals surface area contributed by atoms with Crippen molar-refractivity contribution in [1.29, 1.82) is 0 Å². The average molecular weight is 625 g/mol. The molecule has 0 aromatic carbocycles. The van der Waals surface area contributed by atoms with E-state index in [2.05, 4.69) is 79.7 Å². The van der Waals surface area contributed by atoms with E-state index in [-0.39, 0.29) is 17.5 Å². The highest BCUT2D eigenvalue weighted by Crippen LogP contribution is 2.69. The van der Waals surface area contributed by atoms with Gasteiger partial charge in [0, 0.05) is 18.6 Å². The molecule has 0 bridgehead atoms. The van der Waals surface area contributed by atoms with Gasteiger partial charge in [-0.3, -0.25) is 4.79 Å². The molecule has 41 heavy (non-hydrogen) atoms. The van der Waals surface area contributed by atoms with Crippen LogP contribution in [0.3, 0.4) is 0 Å². The van der Waals surface area contributed by atoms with E-state index in [1.807, 2.05) is 0 Å². The normalized spacial score (nSPS) is 42.2. The quantitative estimate of drug-likeness (QED) is 0.190. The van der Waals surface area contributed by atoms with E-state index in [0.29, 0.717) is 59.6 Å². The largest absolute Gasteiger partial charge is 0.469 e. The summed E-state index contributed by atoms with van der Waals surface area (Å²) >= 11 is 0. The first-order valence-electron chi connectivity index (χ1n) is 16.8. The summed E-state index contributed by atoms with van der Waals surface area (Å²) in [6, 6.07) is 0. The molecule has 0 saturated heterocycles. The molecule has 4 fully saturated rings. The average Bonchev–Trinajstić information content (AvgIpc) is 3.16. The maximum Gasteiger partial charge on any atom is 0.305 e. The third-order valence-corrected chi connectivity index (χ3v) is 14.7. The van der Waals surface area contributed by atoms with Gasteiger partial charge in [0.05, 0.1) is 13.2 Å². The maximum absolute atomic E-state index is 12.4. The van der Waals surface area contributed by atoms with Crippen molar-refractivity contribution in [2.75, 3.05) is 7.11 Å². The van der Waals surface area contributed by atoms with Crippen LogP contribution in [-0.2, 0) is 22.8 Å². The first kappa shape index (κ1) is 33.9. The predicted octanol–water partition coefficient (Wildman–Crippen LogP) is 8.72. The van der Waals surface area contributed by atoms with Crippen LogP contribution in [0.5, 0.6) is 0 Å². The fraction of sp³-hybridized carbons (Fsp3) is 0.970. The molecule has 4 rings (SSSR count). The van der Waals surface area contributed by atoms with Gasteiger partial charge in [0.1, 0.15) is 0 Å². The van der Waals surface area contributed by atoms with Crippen LogP contribution >= 0.6 is 0 Å². The number of esters is 1. The number of hydrogen-bond donors (Lipinski definition) is 0. The van der Waals surface area contributed by atoms with Gasteiger partial charge in [-0.25, -0.2) is 0 Å². The van der Waals surface area contributed by atoms with Gasteiger partial charge in [-0.05, 0) is 150 Å². The zero-order valence-corrected chi connectivity index (χ0v) is 31.9. The Balaban J connectivity index is 1.75. The van der Waals surface area contributed by atoms with Crippen LogP contribution in [0.25, 0.3) is 0 Å². The molecule has 4 aliphatic rings. The maximum atomic E-state index is 12.4. The molecule has 0 aliphatic heterocycles. The van der Waals surface area contributed by atoms with Crippen molar-refractivity contribution in [2.45, 2.75) is 149 Å². The van der Waals surface area contributed by atoms with Crippen LogP contribution in [0.15, 0.2) is 0 Å². The molecule has 8 heteroatoms. The summed E-state index contributed by atoms with van der Waals surface area (Å²) in [5, 5.41) is 0. The minimum atomic E-state index is -1.80. The highest BCUT2D eigenvalue weighted by Gasteiger charge is 2.67. The summed E-state index contributed by atoms with van der Waals surface area (Å²) in [6.45, 7) is 28.7. The Labute approximate surface area is 256 Å². The number of hydrogen-bond acceptors (Lipinski definition) is 5. The summed E-state index contributed by atoms with van der Waals surface area (Å²) in [4.78, 5) is 12.4. The van der Waals surface area contributed by atoms with E-state index in [9.17, 15) is 4.79 Å². The van der Waals surface area contributed by atoms with Crippen LogP contribution in [0.2, 0.25) is 58.9 Å². The lowest BCUT2D eigenvalue weighted by molar-refractivity contribution is -0.199. The Hall–Kier alpha value is 0.000649. The summed E-state index contributed by atoms with van der Waals surface area (Å²) in [5.74, 6) is 3.08. The fourth-order valence-corrected chi connectivity index (χ4v) is 13.9. The Bertz CT molecular complexity index is 939. The molecule has 0 aromatic heterocycles. The van der Waals surface area contributed by atoms with Gasteiger partial charge >= 0.3 is 5.97 Å². The first-order valence-corrected chi connectivity index (χ1v) is 27.0. The molecule has 4 saturated carbocycles. The van der Waals surface area contributed by atoms with E-state index in [1.165, 1.54) is 45.6 Å². The molecular weight excluding hydrogens is 561 g/mol. The monoisotopic (exact) mass is 624 g/mol. The van der Waals surface area contributed by atoms with Gasteiger partial charge in [-0.2, -0.15) is 0 Å². The molecule has 0 amide bonds. The molecule has 5 nitrogen and oxygen atoms in total. The summed E-state index contributed by atoms with van der Waals surface area (Å²) in [6.07, 6.45) is 9.85. The molecule has 0 N–H and O–H groups in total. The molecule has 3 unspecified atom stereocenters. The third-order valence-electron chi connectivity index (χ3n) is 11.7. The Morgan fingerprint density at radius 2 is 1.41 bits per heavy atom. The second-order valence-electron chi connectivity index (χ2n) is 17.9. The number of carbonyl (C=O) groups is 1. The Kier molecular flexibility index (Phi) is 9.70. The van der Waals surface area contributed by atoms with Crippen LogP contribution in [-0.4, -0.2) is 56.3 Å². The van der Waals surface area contributed by atoms with Crippen molar-refractivity contribution in [3.05, 3.63) is 0 Å². The van der Waals surface area contributed by atoms with E-state index in [1.54, 1.807) is 0 Å². The molecule has 4 aliphatic carbocycles. The van der Waals surface area contributed by atoms with Gasteiger partial charge in [0.25, 0.3) is 0 Å². The number of carbonyl (C=O) groups excluding carboxylic acids is 1. The van der Waals surface area contributed by atoms with Crippen molar-refractivity contribution in [3.8, 4) is 0 Å². The van der Waals surface area contributed by atoms with Crippen molar-refractivity contribution < 1.29 is 22.8 Å². The lowest BCUT2D eigenvalue weighted by atomic mass is 9.43. The van der Waals surface area contributed by atoms with Crippen molar-refractivity contribution >= 4 is 30.9 Å². The topological polar surface area (TPSA) is 54.0 Å². The van der Waals surface area contributed by atoms with E-state index in [0.717, 1.165) is 6.42 Å². The minimum Gasteiger partial charge on any atom is -0.469 e. The fourth-order valence-electron chi connectivity index (χ4n) is 10.3. The van der Waals surface area contributed by atoms with Crippen LogP contribution in [0.4, 0.5) is 0 Å². The lowest BCUT2D eigenvalue weighted by Crippen LogP contribution is -2.64. The van der Waals surface area contributed by atoms with Gasteiger partial charge in [0.2, 0.25) is 0 Å². The van der Waals surface area contributed by atoms with E-state index >= 15 is 0 Å². The second-order valence-corrected chi connectivity index (χ2v) is 31.3. The summed E-state index contributed by atoms with van der Waals surface area (Å²) in [5.41, 5.74) is 0.360. The van der Waals surface area contributed by atoms with E-state index in [4.69, 9.17) is 18.0 Å². The highest BCUT2D eigenvalue weighted by molar-refractivity contribution is 6.70. The van der Waals surface area contributed by atoms with Gasteiger partial charge in [-0.1, -0.05) is 20.8 Å². The number of ether oxygens (including phenoxy) is 1. The highest BCUT2D eigenvalue weighted by atomic mass is 28.4. The molecule has 0 radical (unpaired) electrons. The third kappa shape index (κ3) is 7.13. The minimum absolute atomic E-state index is 0.0529. The molecular formula is C33H64O5Si3. The molecule has 0 spiro atoms. The smallest absolute Gasteiger partial charge is 0.305 e. The molecule has 0 heterocycles. The first-order chi connectivity index (χ1) is 18.7. The molecule has 238 valence electrons. The van der Waals surface area contributed by atoms with Gasteiger partial charge in [-0.15, -0.1) is 0 Å². The predicted molar refractivity (Wildman–Crippen MR) is 176 cm³/mol. The summed E-state index contributed by atoms with van der Waals surface area (Å²) < 4.78 is 26.4. The van der Waals surface area contributed by atoms with Crippen LogP contribution in [0, 0.1) is 46.3 Å². The molecule has 0 aromatic rings. The van der Waals surface area contributed by atoms with Crippen molar-refractivity contribution in [2.24, 2.45) is 46.3 Å². The number of fused-ring (bicyclic) bond motifs is 5. The molecule has 11 atom stereocenters. The zero-order chi connectivity index (χ0) is 30.8. The Morgan fingerprint density at radius 1 is 0.805 bits per heavy atom. The second kappa shape index (κ2) is 11.7. The zero-order valence-electron chi connectivity index (χ0n) is 28.9. The van der Waals surface area contributed by atoms with Crippen LogP contribution in [0.1, 0.15) is 72.1 Å². The number of rotatable bonds is 9. The number of methoxy groups -OCH3 is 1. The lowest BCUT2D eigenvalue weighted by Gasteiger charge is -2.66. The van der Waals surface area contributed by atoms with Crippen molar-refractivity contribution in [3.63, 3.8) is 0 Å². The standard InChI is InChI=1S/C33H64O5Si3/c1-22(18-30(34)35-4)25-14-15-26-31-27(21-29(33(25,26)3)38-41(11,12)13)32(2)17-16-24(36-39(5,6)7)19-23(32)20-28(31)37-40(8,9)10/h22-29,31H,14-21H2,1-13H3/t22-,23+,24-,25-,26?,27?,28-,29+,31?,32+,33-/m1/s1. The van der Waals surface area contributed by atoms with E-state index < -0.39 is 25.0 Å². The van der Waals surface area contributed by atoms with Gasteiger partial charge in [0.15, 0.2) is 25.0 Å². The summed E-state index contributed by atoms with van der Waals surface area (Å²) in [7, 11) is -3.62. The van der Waals surface area contributed by atoms with Crippen molar-refractivity contribution in [1.82, 2.24) is 0 Å². The Morgan fingerprint density at radius 3 is 1.98 bits per heavy atom.